The van der Waals surface area contributed by atoms with E-state index < -0.39 is 5.92 Å². The summed E-state index contributed by atoms with van der Waals surface area (Å²) < 4.78 is 25.1. The third kappa shape index (κ3) is 1.68. The lowest BCUT2D eigenvalue weighted by Gasteiger charge is -2.13. The first-order valence-corrected chi connectivity index (χ1v) is 3.72. The van der Waals surface area contributed by atoms with Crippen LogP contribution in [0.3, 0.4) is 0 Å². The van der Waals surface area contributed by atoms with Gasteiger partial charge in [0.15, 0.2) is 0 Å². The average molecular weight is 147 g/mol. The molecule has 0 aromatic carbocycles. The van der Waals surface area contributed by atoms with Crippen LogP contribution in [0.25, 0.3) is 0 Å². The van der Waals surface area contributed by atoms with E-state index in [1.807, 2.05) is 6.92 Å². The zero-order chi connectivity index (χ0) is 7.78. The Balaban J connectivity index is 2.43. The van der Waals surface area contributed by atoms with E-state index in [0.29, 0.717) is 6.42 Å². The predicted octanol–water partition coefficient (Wildman–Crippen LogP) is 2.89. The van der Waals surface area contributed by atoms with E-state index >= 15 is 0 Å². The van der Waals surface area contributed by atoms with Crippen LogP contribution in [-0.2, 0) is 0 Å². The summed E-state index contributed by atoms with van der Waals surface area (Å²) in [6.07, 6.45) is 0.771. The van der Waals surface area contributed by atoms with Crippen molar-refractivity contribution < 1.29 is 8.78 Å². The molecule has 2 unspecified atom stereocenters. The van der Waals surface area contributed by atoms with Crippen LogP contribution in [0.5, 0.6) is 0 Å². The van der Waals surface area contributed by atoms with Gasteiger partial charge in [-0.25, -0.2) is 8.78 Å². The summed E-state index contributed by atoms with van der Waals surface area (Å²) in [6.45, 7) is 5.66. The fourth-order valence-corrected chi connectivity index (χ4v) is 1.47. The maximum atomic E-state index is 12.5. The van der Waals surface area contributed by atoms with Crippen molar-refractivity contribution in [2.45, 2.75) is 32.1 Å². The van der Waals surface area contributed by atoms with Gasteiger partial charge in [0.1, 0.15) is 0 Å². The van der Waals surface area contributed by atoms with Crippen molar-refractivity contribution in [1.29, 1.82) is 0 Å². The molecule has 1 aliphatic carbocycles. The van der Waals surface area contributed by atoms with Crippen molar-refractivity contribution in [1.82, 2.24) is 0 Å². The first-order chi connectivity index (χ1) is 4.51. The van der Waals surface area contributed by atoms with Crippen molar-refractivity contribution in [2.75, 3.05) is 0 Å². The summed E-state index contributed by atoms with van der Waals surface area (Å²) in [5.41, 5.74) is 0. The summed E-state index contributed by atoms with van der Waals surface area (Å²) in [6, 6.07) is 0. The van der Waals surface area contributed by atoms with E-state index in [1.165, 1.54) is 0 Å². The maximum Gasteiger partial charge on any atom is 0.248 e. The molecule has 1 fully saturated rings. The fraction of sp³-hybridized carbons (Fsp3) is 0.875. The molecule has 1 rings (SSSR count). The largest absolute Gasteiger partial charge is 0.248 e. The first kappa shape index (κ1) is 7.96. The van der Waals surface area contributed by atoms with Gasteiger partial charge in [-0.3, -0.25) is 0 Å². The van der Waals surface area contributed by atoms with Crippen LogP contribution in [0, 0.1) is 18.8 Å². The smallest absolute Gasteiger partial charge is 0.207 e. The topological polar surface area (TPSA) is 0 Å². The van der Waals surface area contributed by atoms with Crippen molar-refractivity contribution >= 4 is 0 Å². The minimum atomic E-state index is -2.39. The quantitative estimate of drug-likeness (QED) is 0.535. The van der Waals surface area contributed by atoms with Crippen LogP contribution in [0.15, 0.2) is 0 Å². The zero-order valence-electron chi connectivity index (χ0n) is 6.24. The fourth-order valence-electron chi connectivity index (χ4n) is 1.47. The molecule has 2 heteroatoms. The van der Waals surface area contributed by atoms with Gasteiger partial charge in [-0.2, -0.15) is 0 Å². The van der Waals surface area contributed by atoms with Gasteiger partial charge in [-0.05, 0) is 18.3 Å². The van der Waals surface area contributed by atoms with Gasteiger partial charge in [0, 0.05) is 12.8 Å². The Morgan fingerprint density at radius 1 is 1.60 bits per heavy atom. The second-order valence-corrected chi connectivity index (χ2v) is 3.34. The van der Waals surface area contributed by atoms with Gasteiger partial charge in [0.05, 0.1) is 0 Å². The van der Waals surface area contributed by atoms with E-state index in [1.54, 1.807) is 0 Å². The summed E-state index contributed by atoms with van der Waals surface area (Å²) in [4.78, 5) is 0. The molecule has 0 amide bonds. The van der Waals surface area contributed by atoms with Gasteiger partial charge in [0.2, 0.25) is 5.92 Å². The Bertz CT molecular complexity index is 118. The molecule has 0 heterocycles. The lowest BCUT2D eigenvalue weighted by Crippen LogP contribution is -2.12. The average Bonchev–Trinajstić information content (AvgIpc) is 2.10. The van der Waals surface area contributed by atoms with Gasteiger partial charge < -0.3 is 0 Å². The minimum Gasteiger partial charge on any atom is -0.207 e. The molecular formula is C8H13F2. The van der Waals surface area contributed by atoms with Crippen LogP contribution in [-0.4, -0.2) is 5.92 Å². The van der Waals surface area contributed by atoms with Crippen molar-refractivity contribution in [3.8, 4) is 0 Å². The van der Waals surface area contributed by atoms with E-state index in [0.717, 1.165) is 0 Å². The normalized spacial score (nSPS) is 31.5. The molecule has 10 heavy (non-hydrogen) atoms. The van der Waals surface area contributed by atoms with Gasteiger partial charge in [-0.1, -0.05) is 13.8 Å². The SMILES string of the molecule is [CH2]C(C)C1CCC(F)(F)C1. The van der Waals surface area contributed by atoms with E-state index in [4.69, 9.17) is 0 Å². The highest BCUT2D eigenvalue weighted by Crippen LogP contribution is 2.41. The molecule has 0 N–H and O–H groups in total. The zero-order valence-corrected chi connectivity index (χ0v) is 6.24. The maximum absolute atomic E-state index is 12.5. The van der Waals surface area contributed by atoms with E-state index in [-0.39, 0.29) is 24.7 Å². The second-order valence-electron chi connectivity index (χ2n) is 3.34. The number of hydrogen-bond donors (Lipinski definition) is 0. The molecule has 1 radical (unpaired) electrons. The van der Waals surface area contributed by atoms with Gasteiger partial charge >= 0.3 is 0 Å². The molecule has 1 saturated carbocycles. The van der Waals surface area contributed by atoms with Crippen LogP contribution in [0.2, 0.25) is 0 Å². The number of alkyl halides is 2. The number of hydrogen-bond acceptors (Lipinski definition) is 0. The Labute approximate surface area is 60.6 Å². The number of halogens is 2. The standard InChI is InChI=1S/C8H13F2/c1-6(2)7-3-4-8(9,10)5-7/h6-7H,1,3-5H2,2H3. The Morgan fingerprint density at radius 2 is 2.20 bits per heavy atom. The monoisotopic (exact) mass is 147 g/mol. The molecule has 1 aliphatic rings. The third-order valence-electron chi connectivity index (χ3n) is 2.25. The van der Waals surface area contributed by atoms with Crippen LogP contribution < -0.4 is 0 Å². The van der Waals surface area contributed by atoms with E-state index in [2.05, 4.69) is 6.92 Å². The highest BCUT2D eigenvalue weighted by atomic mass is 19.3. The molecule has 0 aromatic rings. The van der Waals surface area contributed by atoms with Crippen molar-refractivity contribution in [3.05, 3.63) is 6.92 Å². The summed E-state index contributed by atoms with van der Waals surface area (Å²) in [5, 5.41) is 0. The second kappa shape index (κ2) is 2.48. The van der Waals surface area contributed by atoms with Crippen LogP contribution in [0.4, 0.5) is 8.78 Å². The summed E-state index contributed by atoms with van der Waals surface area (Å²) >= 11 is 0. The third-order valence-corrected chi connectivity index (χ3v) is 2.25. The molecular weight excluding hydrogens is 134 g/mol. The number of rotatable bonds is 1. The Morgan fingerprint density at radius 3 is 2.40 bits per heavy atom. The Hall–Kier alpha value is -0.140. The highest BCUT2D eigenvalue weighted by molar-refractivity contribution is 4.84. The van der Waals surface area contributed by atoms with Gasteiger partial charge in [-0.15, -0.1) is 0 Å². The van der Waals surface area contributed by atoms with Crippen molar-refractivity contribution in [3.63, 3.8) is 0 Å². The molecule has 0 saturated heterocycles. The van der Waals surface area contributed by atoms with Crippen LogP contribution in [0.1, 0.15) is 26.2 Å². The predicted molar refractivity (Wildman–Crippen MR) is 36.8 cm³/mol. The Kier molecular flexibility index (Phi) is 1.97. The van der Waals surface area contributed by atoms with Crippen LogP contribution >= 0.6 is 0 Å². The molecule has 0 aromatic heterocycles. The van der Waals surface area contributed by atoms with E-state index in [9.17, 15) is 8.78 Å². The summed E-state index contributed by atoms with van der Waals surface area (Å²) in [7, 11) is 0. The van der Waals surface area contributed by atoms with Crippen molar-refractivity contribution in [2.24, 2.45) is 11.8 Å². The molecule has 0 bridgehead atoms. The molecule has 0 nitrogen and oxygen atoms in total. The molecule has 2 atom stereocenters. The lowest BCUT2D eigenvalue weighted by molar-refractivity contribution is 0.00348. The molecule has 59 valence electrons. The molecule has 0 aliphatic heterocycles. The minimum absolute atomic E-state index is 0.0532. The first-order valence-electron chi connectivity index (χ1n) is 3.72. The highest BCUT2D eigenvalue weighted by Gasteiger charge is 2.40. The molecule has 0 spiro atoms. The van der Waals surface area contributed by atoms with Gasteiger partial charge in [0.25, 0.3) is 0 Å². The summed E-state index contributed by atoms with van der Waals surface area (Å²) in [5.74, 6) is -2.07. The lowest BCUT2D eigenvalue weighted by atomic mass is 9.94.